The van der Waals surface area contributed by atoms with Gasteiger partial charge in [0.25, 0.3) is 0 Å². The highest BCUT2D eigenvalue weighted by Crippen LogP contribution is 2.18. The van der Waals surface area contributed by atoms with E-state index in [4.69, 9.17) is 5.11 Å². The summed E-state index contributed by atoms with van der Waals surface area (Å²) >= 11 is 0. The molecule has 2 N–H and O–H groups in total. The third-order valence-electron chi connectivity index (χ3n) is 3.01. The van der Waals surface area contributed by atoms with Gasteiger partial charge in [-0.1, -0.05) is 0 Å². The fourth-order valence-corrected chi connectivity index (χ4v) is 2.15. The lowest BCUT2D eigenvalue weighted by atomic mass is 10.1. The molecule has 2 heterocycles. The second-order valence-electron chi connectivity index (χ2n) is 4.44. The van der Waals surface area contributed by atoms with Crippen molar-refractivity contribution in [2.45, 2.75) is 18.9 Å². The molecule has 1 aliphatic heterocycles. The standard InChI is InChI=1S/C11H16N4O3/c1-14-7-9(5-12-14)15-4-2-3-8(6-15)13-10(16)11(17)18/h5,7-8H,2-4,6H2,1H3,(H,13,16)(H,17,18). The van der Waals surface area contributed by atoms with Gasteiger partial charge in [-0.15, -0.1) is 0 Å². The van der Waals surface area contributed by atoms with E-state index in [1.807, 2.05) is 13.2 Å². The predicted molar refractivity (Wildman–Crippen MR) is 64.2 cm³/mol. The Morgan fingerprint density at radius 1 is 1.56 bits per heavy atom. The molecule has 0 radical (unpaired) electrons. The Morgan fingerprint density at radius 2 is 2.33 bits per heavy atom. The van der Waals surface area contributed by atoms with Gasteiger partial charge in [-0.25, -0.2) is 4.79 Å². The Kier molecular flexibility index (Phi) is 3.50. The number of carbonyl (C=O) groups excluding carboxylic acids is 1. The van der Waals surface area contributed by atoms with Crippen LogP contribution in [0.1, 0.15) is 12.8 Å². The molecule has 1 unspecified atom stereocenters. The number of hydrogen-bond donors (Lipinski definition) is 2. The van der Waals surface area contributed by atoms with Crippen LogP contribution in [-0.2, 0) is 16.6 Å². The summed E-state index contributed by atoms with van der Waals surface area (Å²) in [6.07, 6.45) is 5.39. The number of amides is 1. The number of aryl methyl sites for hydroxylation is 1. The predicted octanol–water partition coefficient (Wildman–Crippen LogP) is -0.410. The first kappa shape index (κ1) is 12.4. The highest BCUT2D eigenvalue weighted by Gasteiger charge is 2.24. The van der Waals surface area contributed by atoms with Crippen LogP contribution in [0.4, 0.5) is 5.69 Å². The number of anilines is 1. The molecule has 0 spiro atoms. The molecule has 1 aromatic rings. The van der Waals surface area contributed by atoms with Gasteiger partial charge in [0.1, 0.15) is 0 Å². The van der Waals surface area contributed by atoms with Crippen molar-refractivity contribution < 1.29 is 14.7 Å². The highest BCUT2D eigenvalue weighted by atomic mass is 16.4. The van der Waals surface area contributed by atoms with Crippen LogP contribution in [0.15, 0.2) is 12.4 Å². The maximum Gasteiger partial charge on any atom is 0.394 e. The fraction of sp³-hybridized carbons (Fsp3) is 0.545. The molecule has 0 bridgehead atoms. The number of carbonyl (C=O) groups is 2. The average molecular weight is 252 g/mol. The number of piperidine rings is 1. The minimum atomic E-state index is -1.44. The van der Waals surface area contributed by atoms with E-state index >= 15 is 0 Å². The summed E-state index contributed by atoms with van der Waals surface area (Å²) in [4.78, 5) is 23.7. The zero-order chi connectivity index (χ0) is 13.1. The van der Waals surface area contributed by atoms with Crippen LogP contribution in [0, 0.1) is 0 Å². The van der Waals surface area contributed by atoms with Gasteiger partial charge in [-0.05, 0) is 12.8 Å². The van der Waals surface area contributed by atoms with E-state index in [1.54, 1.807) is 10.9 Å². The van der Waals surface area contributed by atoms with Gasteiger partial charge >= 0.3 is 11.9 Å². The number of nitrogens with zero attached hydrogens (tertiary/aromatic N) is 3. The first-order valence-corrected chi connectivity index (χ1v) is 5.83. The van der Waals surface area contributed by atoms with Crippen LogP contribution < -0.4 is 10.2 Å². The number of carboxylic acid groups (broad SMARTS) is 1. The summed E-state index contributed by atoms with van der Waals surface area (Å²) < 4.78 is 1.72. The van der Waals surface area contributed by atoms with Gasteiger partial charge < -0.3 is 15.3 Å². The first-order valence-electron chi connectivity index (χ1n) is 5.83. The Hall–Kier alpha value is -2.05. The van der Waals surface area contributed by atoms with Crippen LogP contribution in [-0.4, -0.2) is 45.9 Å². The Bertz CT molecular complexity index is 457. The molecule has 7 heteroatoms. The van der Waals surface area contributed by atoms with Gasteiger partial charge in [0.15, 0.2) is 0 Å². The molecule has 7 nitrogen and oxygen atoms in total. The number of hydrogen-bond acceptors (Lipinski definition) is 4. The SMILES string of the molecule is Cn1cc(N2CCCC(NC(=O)C(=O)O)C2)cn1. The van der Waals surface area contributed by atoms with Crippen molar-refractivity contribution in [3.8, 4) is 0 Å². The summed E-state index contributed by atoms with van der Waals surface area (Å²) in [5.41, 5.74) is 0.992. The molecule has 0 aromatic carbocycles. The Morgan fingerprint density at radius 3 is 2.94 bits per heavy atom. The molecule has 0 aliphatic carbocycles. The molecule has 1 saturated heterocycles. The summed E-state index contributed by atoms with van der Waals surface area (Å²) in [7, 11) is 1.84. The zero-order valence-corrected chi connectivity index (χ0v) is 10.2. The minimum absolute atomic E-state index is 0.123. The van der Waals surface area contributed by atoms with Gasteiger partial charge in [-0.2, -0.15) is 5.10 Å². The summed E-state index contributed by atoms with van der Waals surface area (Å²) in [5.74, 6) is -2.37. The molecule has 1 atom stereocenters. The lowest BCUT2D eigenvalue weighted by Gasteiger charge is -2.33. The minimum Gasteiger partial charge on any atom is -0.474 e. The van der Waals surface area contributed by atoms with Crippen LogP contribution in [0.5, 0.6) is 0 Å². The van der Waals surface area contributed by atoms with Crippen LogP contribution >= 0.6 is 0 Å². The smallest absolute Gasteiger partial charge is 0.394 e. The van der Waals surface area contributed by atoms with Crippen molar-refractivity contribution in [2.24, 2.45) is 7.05 Å². The van der Waals surface area contributed by atoms with Gasteiger partial charge in [0.2, 0.25) is 0 Å². The quantitative estimate of drug-likeness (QED) is 0.699. The largest absolute Gasteiger partial charge is 0.474 e. The number of rotatable bonds is 2. The summed E-state index contributed by atoms with van der Waals surface area (Å²) in [5, 5.41) is 15.2. The second kappa shape index (κ2) is 5.07. The Labute approximate surface area is 104 Å². The van der Waals surface area contributed by atoms with E-state index in [9.17, 15) is 9.59 Å². The number of carboxylic acids is 1. The summed E-state index contributed by atoms with van der Waals surface area (Å²) in [6, 6.07) is -0.123. The number of aromatic nitrogens is 2. The molecule has 98 valence electrons. The normalized spacial score (nSPS) is 19.6. The molecular formula is C11H16N4O3. The van der Waals surface area contributed by atoms with E-state index in [-0.39, 0.29) is 6.04 Å². The highest BCUT2D eigenvalue weighted by molar-refractivity contribution is 6.31. The Balaban J connectivity index is 1.96. The van der Waals surface area contributed by atoms with Crippen LogP contribution in [0.25, 0.3) is 0 Å². The van der Waals surface area contributed by atoms with Crippen molar-refractivity contribution in [3.05, 3.63) is 12.4 Å². The molecule has 1 fully saturated rings. The number of aliphatic carboxylic acids is 1. The fourth-order valence-electron chi connectivity index (χ4n) is 2.15. The average Bonchev–Trinajstić information content (AvgIpc) is 2.76. The summed E-state index contributed by atoms with van der Waals surface area (Å²) in [6.45, 7) is 1.51. The van der Waals surface area contributed by atoms with E-state index < -0.39 is 11.9 Å². The lowest BCUT2D eigenvalue weighted by molar-refractivity contribution is -0.150. The maximum absolute atomic E-state index is 11.1. The van der Waals surface area contributed by atoms with E-state index in [0.29, 0.717) is 6.54 Å². The molecule has 1 aromatic heterocycles. The van der Waals surface area contributed by atoms with Crippen LogP contribution in [0.2, 0.25) is 0 Å². The molecule has 1 aliphatic rings. The van der Waals surface area contributed by atoms with E-state index in [1.165, 1.54) is 0 Å². The van der Waals surface area contributed by atoms with E-state index in [0.717, 1.165) is 25.1 Å². The van der Waals surface area contributed by atoms with Crippen molar-refractivity contribution in [3.63, 3.8) is 0 Å². The molecule has 18 heavy (non-hydrogen) atoms. The van der Waals surface area contributed by atoms with Crippen molar-refractivity contribution >= 4 is 17.6 Å². The maximum atomic E-state index is 11.1. The first-order chi connectivity index (χ1) is 8.56. The van der Waals surface area contributed by atoms with Gasteiger partial charge in [-0.3, -0.25) is 9.48 Å². The zero-order valence-electron chi connectivity index (χ0n) is 10.2. The third-order valence-corrected chi connectivity index (χ3v) is 3.01. The monoisotopic (exact) mass is 252 g/mol. The third kappa shape index (κ3) is 2.79. The molecule has 1 amide bonds. The van der Waals surface area contributed by atoms with Crippen molar-refractivity contribution in [1.82, 2.24) is 15.1 Å². The topological polar surface area (TPSA) is 87.5 Å². The lowest BCUT2D eigenvalue weighted by Crippen LogP contribution is -2.49. The van der Waals surface area contributed by atoms with Crippen LogP contribution in [0.3, 0.4) is 0 Å². The molecular weight excluding hydrogens is 236 g/mol. The molecule has 2 rings (SSSR count). The van der Waals surface area contributed by atoms with Crippen molar-refractivity contribution in [1.29, 1.82) is 0 Å². The molecule has 0 saturated carbocycles. The second-order valence-corrected chi connectivity index (χ2v) is 4.44. The van der Waals surface area contributed by atoms with Gasteiger partial charge in [0.05, 0.1) is 11.9 Å². The van der Waals surface area contributed by atoms with E-state index in [2.05, 4.69) is 15.3 Å². The van der Waals surface area contributed by atoms with Gasteiger partial charge in [0, 0.05) is 32.4 Å². The number of nitrogens with one attached hydrogen (secondary N) is 1. The van der Waals surface area contributed by atoms with Crippen molar-refractivity contribution in [2.75, 3.05) is 18.0 Å².